The van der Waals surface area contributed by atoms with E-state index in [9.17, 15) is 9.59 Å². The van der Waals surface area contributed by atoms with Crippen molar-refractivity contribution < 1.29 is 9.59 Å². The van der Waals surface area contributed by atoms with E-state index in [0.29, 0.717) is 24.7 Å². The zero-order valence-corrected chi connectivity index (χ0v) is 17.3. The van der Waals surface area contributed by atoms with Crippen molar-refractivity contribution in [1.82, 2.24) is 24.9 Å². The lowest BCUT2D eigenvalue weighted by Crippen LogP contribution is -2.37. The molecule has 0 saturated carbocycles. The molecule has 154 valence electrons. The van der Waals surface area contributed by atoms with Gasteiger partial charge in [0.15, 0.2) is 0 Å². The van der Waals surface area contributed by atoms with E-state index >= 15 is 0 Å². The van der Waals surface area contributed by atoms with Crippen LogP contribution in [-0.4, -0.2) is 58.2 Å². The number of para-hydroxylation sites is 1. The van der Waals surface area contributed by atoms with Crippen molar-refractivity contribution in [3.8, 4) is 16.9 Å². The molecule has 1 aliphatic heterocycles. The number of urea groups is 1. The highest BCUT2D eigenvalue weighted by molar-refractivity contribution is 6.30. The summed E-state index contributed by atoms with van der Waals surface area (Å²) >= 11 is 6.05. The van der Waals surface area contributed by atoms with Crippen LogP contribution in [0, 0.1) is 0 Å². The highest BCUT2D eigenvalue weighted by Gasteiger charge is 2.28. The summed E-state index contributed by atoms with van der Waals surface area (Å²) in [6, 6.07) is 17.2. The van der Waals surface area contributed by atoms with Gasteiger partial charge in [0, 0.05) is 42.0 Å². The van der Waals surface area contributed by atoms with Crippen LogP contribution in [0.15, 0.2) is 60.8 Å². The van der Waals surface area contributed by atoms with Gasteiger partial charge in [-0.15, -0.1) is 0 Å². The summed E-state index contributed by atoms with van der Waals surface area (Å²) in [5.41, 5.74) is 3.87. The Morgan fingerprint density at radius 3 is 2.50 bits per heavy atom. The molecule has 1 fully saturated rings. The van der Waals surface area contributed by atoms with Gasteiger partial charge in [-0.2, -0.15) is 5.10 Å². The molecule has 4 rings (SSSR count). The number of aromatic nitrogens is 2. The number of hydrogen-bond acceptors (Lipinski definition) is 4. The molecule has 0 radical (unpaired) electrons. The predicted octanol–water partition coefficient (Wildman–Crippen LogP) is 3.18. The Kier molecular flexibility index (Phi) is 5.83. The number of imide groups is 1. The fraction of sp³-hybridized carbons (Fsp3) is 0.227. The summed E-state index contributed by atoms with van der Waals surface area (Å²) in [6.45, 7) is 1.61. The molecule has 0 spiro atoms. The molecule has 7 nitrogen and oxygen atoms in total. The van der Waals surface area contributed by atoms with Crippen LogP contribution in [0.1, 0.15) is 5.56 Å². The molecule has 0 aliphatic carbocycles. The molecule has 3 amide bonds. The first-order valence-electron chi connectivity index (χ1n) is 9.68. The third kappa shape index (κ3) is 4.37. The van der Waals surface area contributed by atoms with Crippen LogP contribution in [-0.2, 0) is 11.3 Å². The van der Waals surface area contributed by atoms with Crippen LogP contribution in [0.2, 0.25) is 5.02 Å². The van der Waals surface area contributed by atoms with Crippen LogP contribution in [0.5, 0.6) is 0 Å². The molecule has 2 aromatic carbocycles. The molecular formula is C22H22ClN5O2. The molecule has 8 heteroatoms. The molecule has 2 heterocycles. The van der Waals surface area contributed by atoms with Crippen LogP contribution in [0.25, 0.3) is 16.9 Å². The highest BCUT2D eigenvalue weighted by atomic mass is 35.5. The van der Waals surface area contributed by atoms with Gasteiger partial charge < -0.3 is 10.2 Å². The fourth-order valence-corrected chi connectivity index (χ4v) is 3.54. The number of benzene rings is 2. The van der Waals surface area contributed by atoms with E-state index in [1.807, 2.05) is 72.5 Å². The van der Waals surface area contributed by atoms with Gasteiger partial charge in [0.25, 0.3) is 0 Å². The smallest absolute Gasteiger partial charge is 0.324 e. The Bertz CT molecular complexity index is 1030. The van der Waals surface area contributed by atoms with E-state index in [4.69, 9.17) is 16.7 Å². The molecule has 3 aromatic rings. The number of amides is 3. The number of carbonyl (C=O) groups excluding carboxylic acids is 2. The Morgan fingerprint density at radius 2 is 1.83 bits per heavy atom. The Hall–Kier alpha value is -3.16. The average Bonchev–Trinajstić information content (AvgIpc) is 3.31. The fourth-order valence-electron chi connectivity index (χ4n) is 3.41. The molecule has 1 aliphatic rings. The molecule has 0 bridgehead atoms. The first-order valence-corrected chi connectivity index (χ1v) is 10.1. The first-order chi connectivity index (χ1) is 14.5. The average molecular weight is 424 g/mol. The van der Waals surface area contributed by atoms with Crippen LogP contribution < -0.4 is 5.32 Å². The van der Waals surface area contributed by atoms with E-state index in [1.165, 1.54) is 4.90 Å². The maximum Gasteiger partial charge on any atom is 0.324 e. The number of nitrogens with zero attached hydrogens (tertiary/aromatic N) is 4. The first kappa shape index (κ1) is 20.1. The van der Waals surface area contributed by atoms with Gasteiger partial charge in [-0.25, -0.2) is 9.48 Å². The van der Waals surface area contributed by atoms with Gasteiger partial charge in [0.05, 0.1) is 17.9 Å². The normalized spacial score (nSPS) is 13.9. The van der Waals surface area contributed by atoms with Gasteiger partial charge in [0.1, 0.15) is 0 Å². The van der Waals surface area contributed by atoms with E-state index < -0.39 is 0 Å². The lowest BCUT2D eigenvalue weighted by Gasteiger charge is -2.19. The van der Waals surface area contributed by atoms with E-state index in [2.05, 4.69) is 10.2 Å². The lowest BCUT2D eigenvalue weighted by molar-refractivity contribution is -0.125. The monoisotopic (exact) mass is 423 g/mol. The number of rotatable bonds is 7. The number of hydrogen-bond donors (Lipinski definition) is 1. The maximum absolute atomic E-state index is 11.8. The van der Waals surface area contributed by atoms with Crippen LogP contribution in [0.3, 0.4) is 0 Å². The zero-order chi connectivity index (χ0) is 21.1. The quantitative estimate of drug-likeness (QED) is 0.592. The standard InChI is InChI=1S/C22H22ClN5O2/c1-26(11-12-27-20(29)13-24-22(27)30)14-17-15-28(19-5-3-2-4-6-19)25-21(17)16-7-9-18(23)10-8-16/h2-10,15H,11-14H2,1H3,(H,24,30). The van der Waals surface area contributed by atoms with Gasteiger partial charge in [0.2, 0.25) is 5.91 Å². The van der Waals surface area contributed by atoms with Crippen molar-refractivity contribution in [2.24, 2.45) is 0 Å². The van der Waals surface area contributed by atoms with E-state index in [1.54, 1.807) is 0 Å². The van der Waals surface area contributed by atoms with Crippen molar-refractivity contribution in [1.29, 1.82) is 0 Å². The molecular weight excluding hydrogens is 402 g/mol. The topological polar surface area (TPSA) is 70.5 Å². The molecule has 30 heavy (non-hydrogen) atoms. The van der Waals surface area contributed by atoms with Crippen molar-refractivity contribution in [2.45, 2.75) is 6.54 Å². The Morgan fingerprint density at radius 1 is 1.10 bits per heavy atom. The van der Waals surface area contributed by atoms with Crippen molar-refractivity contribution in [3.05, 3.63) is 71.4 Å². The molecule has 1 aromatic heterocycles. The maximum atomic E-state index is 11.8. The zero-order valence-electron chi connectivity index (χ0n) is 16.6. The lowest BCUT2D eigenvalue weighted by atomic mass is 10.1. The van der Waals surface area contributed by atoms with Crippen LogP contribution >= 0.6 is 11.6 Å². The number of carbonyl (C=O) groups is 2. The van der Waals surface area contributed by atoms with Gasteiger partial charge >= 0.3 is 6.03 Å². The number of nitrogens with one attached hydrogen (secondary N) is 1. The SMILES string of the molecule is CN(CCN1C(=O)CNC1=O)Cc1cn(-c2ccccc2)nc1-c1ccc(Cl)cc1. The summed E-state index contributed by atoms with van der Waals surface area (Å²) in [7, 11) is 1.96. The third-order valence-corrected chi connectivity index (χ3v) is 5.26. The van der Waals surface area contributed by atoms with Gasteiger partial charge in [-0.3, -0.25) is 9.69 Å². The highest BCUT2D eigenvalue weighted by Crippen LogP contribution is 2.26. The second-order valence-electron chi connectivity index (χ2n) is 7.23. The number of likely N-dealkylation sites (N-methyl/N-ethyl adjacent to an activating group) is 1. The summed E-state index contributed by atoms with van der Waals surface area (Å²) in [5.74, 6) is -0.188. The number of halogens is 1. The van der Waals surface area contributed by atoms with E-state index in [0.717, 1.165) is 22.5 Å². The molecule has 1 N–H and O–H groups in total. The minimum atomic E-state index is -0.327. The summed E-state index contributed by atoms with van der Waals surface area (Å²) in [6.07, 6.45) is 2.02. The second kappa shape index (κ2) is 8.69. The largest absolute Gasteiger partial charge is 0.329 e. The van der Waals surface area contributed by atoms with Crippen molar-refractivity contribution in [3.63, 3.8) is 0 Å². The molecule has 1 saturated heterocycles. The van der Waals surface area contributed by atoms with Crippen LogP contribution in [0.4, 0.5) is 4.79 Å². The summed E-state index contributed by atoms with van der Waals surface area (Å²) < 4.78 is 1.87. The summed E-state index contributed by atoms with van der Waals surface area (Å²) in [5, 5.41) is 8.03. The van der Waals surface area contributed by atoms with E-state index in [-0.39, 0.29) is 18.5 Å². The van der Waals surface area contributed by atoms with Gasteiger partial charge in [-0.1, -0.05) is 41.9 Å². The second-order valence-corrected chi connectivity index (χ2v) is 7.67. The molecule has 0 unspecified atom stereocenters. The van der Waals surface area contributed by atoms with Gasteiger partial charge in [-0.05, 0) is 31.3 Å². The Labute approximate surface area is 179 Å². The van der Waals surface area contributed by atoms with Crippen molar-refractivity contribution in [2.75, 3.05) is 26.7 Å². The van der Waals surface area contributed by atoms with Crippen molar-refractivity contribution >= 4 is 23.5 Å². The Balaban J connectivity index is 1.56. The minimum Gasteiger partial charge on any atom is -0.329 e. The molecule has 0 atom stereocenters. The third-order valence-electron chi connectivity index (χ3n) is 5.01. The minimum absolute atomic E-state index is 0.0765. The predicted molar refractivity (Wildman–Crippen MR) is 115 cm³/mol. The summed E-state index contributed by atoms with van der Waals surface area (Å²) in [4.78, 5) is 26.8.